The molecule has 0 aromatic rings. The number of aliphatic hydroxyl groups excluding tert-OH is 1. The standard InChI is InChI=1S/C30H46O3/c1-18-10-15-30(25(32)33)17-16-28(6)20(24(30)19(18)2)8-9-22-27(5)13-12-23(31)26(3,4)21(27)11-14-29(22,28)7/h10,20-23,31H,8-9,11-17H2,1-7H3,(H,32,33). The molecule has 0 amide bonds. The Morgan fingerprint density at radius 1 is 0.879 bits per heavy atom. The van der Waals surface area contributed by atoms with Gasteiger partial charge in [-0.3, -0.25) is 4.79 Å². The summed E-state index contributed by atoms with van der Waals surface area (Å²) in [6.07, 6.45) is 11.2. The van der Waals surface area contributed by atoms with Crippen LogP contribution in [-0.4, -0.2) is 22.3 Å². The molecule has 0 aliphatic heterocycles. The molecule has 5 aliphatic carbocycles. The Labute approximate surface area is 201 Å². The third kappa shape index (κ3) is 2.69. The topological polar surface area (TPSA) is 57.5 Å². The molecule has 3 heteroatoms. The lowest BCUT2D eigenvalue weighted by Crippen LogP contribution is -2.66. The van der Waals surface area contributed by atoms with Gasteiger partial charge in [-0.05, 0) is 122 Å². The molecule has 8 unspecified atom stereocenters. The lowest BCUT2D eigenvalue weighted by Gasteiger charge is -2.72. The summed E-state index contributed by atoms with van der Waals surface area (Å²) in [7, 11) is 0. The molecule has 5 aliphatic rings. The fourth-order valence-corrected chi connectivity index (χ4v) is 10.6. The summed E-state index contributed by atoms with van der Waals surface area (Å²) >= 11 is 0. The van der Waals surface area contributed by atoms with Crippen LogP contribution >= 0.6 is 0 Å². The second kappa shape index (κ2) is 6.99. The number of rotatable bonds is 1. The predicted octanol–water partition coefficient (Wildman–Crippen LogP) is 7.15. The zero-order valence-electron chi connectivity index (χ0n) is 22.1. The highest BCUT2D eigenvalue weighted by Gasteiger charge is 2.69. The van der Waals surface area contributed by atoms with E-state index in [0.717, 1.165) is 32.1 Å². The maximum Gasteiger partial charge on any atom is 0.314 e. The lowest BCUT2D eigenvalue weighted by molar-refractivity contribution is -0.229. The van der Waals surface area contributed by atoms with Crippen molar-refractivity contribution in [3.63, 3.8) is 0 Å². The number of hydrogen-bond acceptors (Lipinski definition) is 2. The second-order valence-electron chi connectivity index (χ2n) is 14.0. The van der Waals surface area contributed by atoms with Crippen LogP contribution in [0, 0.1) is 44.8 Å². The second-order valence-corrected chi connectivity index (χ2v) is 14.0. The van der Waals surface area contributed by atoms with Gasteiger partial charge in [0.05, 0.1) is 11.5 Å². The molecule has 4 fully saturated rings. The van der Waals surface area contributed by atoms with Gasteiger partial charge in [0, 0.05) is 0 Å². The Morgan fingerprint density at radius 3 is 2.24 bits per heavy atom. The van der Waals surface area contributed by atoms with Crippen LogP contribution in [0.3, 0.4) is 0 Å². The van der Waals surface area contributed by atoms with Crippen LogP contribution in [-0.2, 0) is 4.79 Å². The quantitative estimate of drug-likeness (QED) is 0.442. The van der Waals surface area contributed by atoms with Crippen molar-refractivity contribution < 1.29 is 15.0 Å². The molecule has 4 saturated carbocycles. The summed E-state index contributed by atoms with van der Waals surface area (Å²) < 4.78 is 0. The van der Waals surface area contributed by atoms with E-state index in [1.54, 1.807) is 0 Å². The van der Waals surface area contributed by atoms with Crippen LogP contribution in [0.15, 0.2) is 22.8 Å². The Kier molecular flexibility index (Phi) is 5.01. The van der Waals surface area contributed by atoms with Gasteiger partial charge in [0.1, 0.15) is 0 Å². The van der Waals surface area contributed by atoms with Crippen molar-refractivity contribution in [2.45, 2.75) is 112 Å². The molecule has 3 nitrogen and oxygen atoms in total. The van der Waals surface area contributed by atoms with E-state index in [4.69, 9.17) is 0 Å². The zero-order chi connectivity index (χ0) is 24.2. The first-order valence-electron chi connectivity index (χ1n) is 13.6. The minimum atomic E-state index is -0.686. The molecule has 0 aromatic heterocycles. The van der Waals surface area contributed by atoms with Crippen LogP contribution < -0.4 is 0 Å². The minimum Gasteiger partial charge on any atom is -0.481 e. The first kappa shape index (κ1) is 23.6. The van der Waals surface area contributed by atoms with Crippen molar-refractivity contribution >= 4 is 5.97 Å². The molecule has 8 atom stereocenters. The van der Waals surface area contributed by atoms with Crippen LogP contribution in [0.4, 0.5) is 0 Å². The largest absolute Gasteiger partial charge is 0.481 e. The van der Waals surface area contributed by atoms with Gasteiger partial charge in [-0.25, -0.2) is 0 Å². The molecule has 0 spiro atoms. The van der Waals surface area contributed by atoms with Gasteiger partial charge in [-0.1, -0.05) is 46.3 Å². The molecule has 33 heavy (non-hydrogen) atoms. The number of carboxylic acid groups (broad SMARTS) is 1. The van der Waals surface area contributed by atoms with E-state index < -0.39 is 11.4 Å². The molecular formula is C30H46O3. The zero-order valence-corrected chi connectivity index (χ0v) is 22.1. The third-order valence-electron chi connectivity index (χ3n) is 12.9. The van der Waals surface area contributed by atoms with E-state index in [9.17, 15) is 15.0 Å². The summed E-state index contributed by atoms with van der Waals surface area (Å²) in [6, 6.07) is 0. The number of aliphatic carboxylic acids is 1. The predicted molar refractivity (Wildman–Crippen MR) is 133 cm³/mol. The highest BCUT2D eigenvalue weighted by molar-refractivity contribution is 5.81. The number of carbonyl (C=O) groups is 1. The van der Waals surface area contributed by atoms with E-state index in [1.165, 1.54) is 36.0 Å². The van der Waals surface area contributed by atoms with E-state index >= 15 is 0 Å². The molecule has 0 saturated heterocycles. The summed E-state index contributed by atoms with van der Waals surface area (Å²) in [5.74, 6) is 0.980. The maximum atomic E-state index is 12.8. The SMILES string of the molecule is CC1=CCC2(C(=O)O)CCC3(C)C(CCC4C5(C)CCC(O)C(C)(C)C5CCC43C)C2=C1C. The molecule has 0 aromatic carbocycles. The number of fused-ring (bicyclic) bond motifs is 7. The first-order chi connectivity index (χ1) is 15.3. The van der Waals surface area contributed by atoms with Crippen molar-refractivity contribution in [3.05, 3.63) is 22.8 Å². The van der Waals surface area contributed by atoms with Crippen molar-refractivity contribution in [2.24, 2.45) is 44.8 Å². The Balaban J connectivity index is 1.61. The van der Waals surface area contributed by atoms with Crippen molar-refractivity contribution in [2.75, 3.05) is 0 Å². The number of hydrogen-bond donors (Lipinski definition) is 2. The van der Waals surface area contributed by atoms with E-state index in [0.29, 0.717) is 24.2 Å². The van der Waals surface area contributed by atoms with Crippen LogP contribution in [0.1, 0.15) is 106 Å². The fraction of sp³-hybridized carbons (Fsp3) is 0.833. The minimum absolute atomic E-state index is 0.0263. The van der Waals surface area contributed by atoms with Gasteiger partial charge in [0.2, 0.25) is 0 Å². The van der Waals surface area contributed by atoms with Gasteiger partial charge in [0.25, 0.3) is 0 Å². The van der Waals surface area contributed by atoms with Crippen molar-refractivity contribution in [3.8, 4) is 0 Å². The number of allylic oxidation sites excluding steroid dienone is 3. The third-order valence-corrected chi connectivity index (χ3v) is 12.9. The van der Waals surface area contributed by atoms with E-state index in [1.807, 2.05) is 0 Å². The molecule has 184 valence electrons. The van der Waals surface area contributed by atoms with Crippen LogP contribution in [0.25, 0.3) is 0 Å². The van der Waals surface area contributed by atoms with Crippen molar-refractivity contribution in [1.29, 1.82) is 0 Å². The molecule has 2 N–H and O–H groups in total. The summed E-state index contributed by atoms with van der Waals surface area (Å²) in [5, 5.41) is 21.4. The monoisotopic (exact) mass is 454 g/mol. The van der Waals surface area contributed by atoms with Crippen LogP contribution in [0.5, 0.6) is 0 Å². The van der Waals surface area contributed by atoms with Crippen LogP contribution in [0.2, 0.25) is 0 Å². The lowest BCUT2D eigenvalue weighted by atomic mass is 9.32. The number of carboxylic acids is 1. The van der Waals surface area contributed by atoms with E-state index in [-0.39, 0.29) is 27.8 Å². The van der Waals surface area contributed by atoms with Gasteiger partial charge in [0.15, 0.2) is 0 Å². The molecule has 0 radical (unpaired) electrons. The summed E-state index contributed by atoms with van der Waals surface area (Å²) in [4.78, 5) is 12.8. The molecule has 0 heterocycles. The Bertz CT molecular complexity index is 942. The van der Waals surface area contributed by atoms with Gasteiger partial charge in [-0.15, -0.1) is 0 Å². The van der Waals surface area contributed by atoms with Crippen molar-refractivity contribution in [1.82, 2.24) is 0 Å². The smallest absolute Gasteiger partial charge is 0.314 e. The highest BCUT2D eigenvalue weighted by Crippen LogP contribution is 2.76. The average Bonchev–Trinajstić information content (AvgIpc) is 2.74. The maximum absolute atomic E-state index is 12.8. The van der Waals surface area contributed by atoms with Gasteiger partial charge < -0.3 is 10.2 Å². The summed E-state index contributed by atoms with van der Waals surface area (Å²) in [6.45, 7) is 16.7. The summed E-state index contributed by atoms with van der Waals surface area (Å²) in [5.41, 5.74) is 3.74. The Morgan fingerprint density at radius 2 is 1.58 bits per heavy atom. The molecule has 0 bridgehead atoms. The number of aliphatic hydroxyl groups is 1. The average molecular weight is 455 g/mol. The normalized spacial score (nSPS) is 51.0. The van der Waals surface area contributed by atoms with Gasteiger partial charge in [-0.2, -0.15) is 0 Å². The fourth-order valence-electron chi connectivity index (χ4n) is 10.6. The molecular weight excluding hydrogens is 408 g/mol. The van der Waals surface area contributed by atoms with E-state index in [2.05, 4.69) is 54.5 Å². The first-order valence-corrected chi connectivity index (χ1v) is 13.6. The molecule has 5 rings (SSSR count). The Hall–Kier alpha value is -1.09. The van der Waals surface area contributed by atoms with Gasteiger partial charge >= 0.3 is 5.97 Å². The highest BCUT2D eigenvalue weighted by atomic mass is 16.4.